The second-order valence-corrected chi connectivity index (χ2v) is 8.92. The van der Waals surface area contributed by atoms with E-state index < -0.39 is 36.2 Å². The largest absolute Gasteiger partial charge is 0.487 e. The Balaban J connectivity index is 1.47. The number of halogens is 6. The van der Waals surface area contributed by atoms with Crippen LogP contribution in [-0.4, -0.2) is 53.6 Å². The molecule has 0 aliphatic rings. The fourth-order valence-corrected chi connectivity index (χ4v) is 3.74. The first-order chi connectivity index (χ1) is 19.0. The van der Waals surface area contributed by atoms with E-state index in [4.69, 9.17) is 4.74 Å². The van der Waals surface area contributed by atoms with E-state index in [1.165, 1.54) is 52.4 Å². The van der Waals surface area contributed by atoms with Gasteiger partial charge in [0, 0.05) is 18.1 Å². The van der Waals surface area contributed by atoms with Crippen molar-refractivity contribution in [2.24, 2.45) is 0 Å². The number of aliphatic hydroxyl groups is 1. The zero-order valence-electron chi connectivity index (χ0n) is 21.1. The molecule has 0 amide bonds. The summed E-state index contributed by atoms with van der Waals surface area (Å²) >= 11 is 0. The van der Waals surface area contributed by atoms with Crippen LogP contribution in [0, 0.1) is 11.6 Å². The molecule has 14 heteroatoms. The summed E-state index contributed by atoms with van der Waals surface area (Å²) in [6.45, 7) is -0.0550. The van der Waals surface area contributed by atoms with Gasteiger partial charge in [-0.1, -0.05) is 31.2 Å². The predicted molar refractivity (Wildman–Crippen MR) is 131 cm³/mol. The Morgan fingerprint density at radius 2 is 1.62 bits per heavy atom. The van der Waals surface area contributed by atoms with Crippen molar-refractivity contribution in [2.45, 2.75) is 44.4 Å². The van der Waals surface area contributed by atoms with Crippen LogP contribution in [0.25, 0.3) is 12.2 Å². The summed E-state index contributed by atoms with van der Waals surface area (Å²) in [5, 5.41) is 20.1. The third kappa shape index (κ3) is 7.05. The molecule has 0 saturated carbocycles. The van der Waals surface area contributed by atoms with Crippen molar-refractivity contribution in [3.63, 3.8) is 0 Å². The Hall–Kier alpha value is -4.20. The van der Waals surface area contributed by atoms with Gasteiger partial charge in [-0.05, 0) is 29.8 Å². The zero-order chi connectivity index (χ0) is 28.9. The summed E-state index contributed by atoms with van der Waals surface area (Å²) < 4.78 is 86.2. The molecule has 1 N–H and O–H groups in total. The third-order valence-corrected chi connectivity index (χ3v) is 5.79. The highest BCUT2D eigenvalue weighted by Crippen LogP contribution is 2.29. The van der Waals surface area contributed by atoms with Crippen molar-refractivity contribution in [1.82, 2.24) is 29.5 Å². The molecule has 0 fully saturated rings. The van der Waals surface area contributed by atoms with Crippen molar-refractivity contribution >= 4 is 12.2 Å². The number of aromatic nitrogens is 6. The van der Waals surface area contributed by atoms with Gasteiger partial charge in [0.25, 0.3) is 0 Å². The molecule has 4 rings (SSSR count). The topological polar surface area (TPSA) is 90.9 Å². The van der Waals surface area contributed by atoms with E-state index in [1.807, 2.05) is 6.92 Å². The number of ether oxygens (including phenoxy) is 1. The molecule has 2 aromatic heterocycles. The van der Waals surface area contributed by atoms with Crippen LogP contribution in [0.15, 0.2) is 55.1 Å². The van der Waals surface area contributed by atoms with Crippen LogP contribution in [0.1, 0.15) is 29.7 Å². The van der Waals surface area contributed by atoms with Gasteiger partial charge < -0.3 is 9.84 Å². The van der Waals surface area contributed by atoms with Gasteiger partial charge in [-0.25, -0.2) is 36.9 Å². The average Bonchev–Trinajstić information content (AvgIpc) is 3.55. The SMILES string of the molecule is CCc1ncn(C[C@](O)(Cn2cnc(C=Cc3ccc(OCC(F)(F)C(F)F)cc3)n2)c2ccc(F)cc2F)n1. The highest BCUT2D eigenvalue weighted by Gasteiger charge is 2.41. The summed E-state index contributed by atoms with van der Waals surface area (Å²) in [7, 11) is 0. The number of hydrogen-bond donors (Lipinski definition) is 1. The molecule has 0 radical (unpaired) electrons. The molecule has 0 bridgehead atoms. The molecule has 2 heterocycles. The van der Waals surface area contributed by atoms with Crippen LogP contribution in [0.4, 0.5) is 26.3 Å². The van der Waals surface area contributed by atoms with E-state index in [1.54, 1.807) is 6.08 Å². The standard InChI is InChI=1S/C26H24F6N6O2/c1-2-22-33-15-37(35-22)12-25(39,20-9-6-18(27)11-21(20)28)13-38-16-34-23(36-38)10-5-17-3-7-19(8-4-17)40-14-26(31,32)24(29)30/h3-11,15-16,24,39H,2,12-14H2,1H3/t25-/m0/s1. The lowest BCUT2D eigenvalue weighted by Crippen LogP contribution is -2.37. The molecular weight excluding hydrogens is 542 g/mol. The monoisotopic (exact) mass is 566 g/mol. The molecule has 0 saturated heterocycles. The van der Waals surface area contributed by atoms with Gasteiger partial charge in [0.1, 0.15) is 41.5 Å². The summed E-state index contributed by atoms with van der Waals surface area (Å²) in [4.78, 5) is 8.27. The fraction of sp³-hybridized carbons (Fsp3) is 0.308. The van der Waals surface area contributed by atoms with E-state index in [0.29, 0.717) is 23.9 Å². The van der Waals surface area contributed by atoms with E-state index in [-0.39, 0.29) is 30.2 Å². The summed E-state index contributed by atoms with van der Waals surface area (Å²) in [5.41, 5.74) is -1.46. The highest BCUT2D eigenvalue weighted by molar-refractivity contribution is 5.66. The Labute approximate surface area is 224 Å². The summed E-state index contributed by atoms with van der Waals surface area (Å²) in [6, 6.07) is 8.59. The van der Waals surface area contributed by atoms with Gasteiger partial charge in [0.2, 0.25) is 0 Å². The molecule has 4 aromatic rings. The number of rotatable bonds is 12. The molecular formula is C26H24F6N6O2. The number of nitrogens with zero attached hydrogens (tertiary/aromatic N) is 6. The van der Waals surface area contributed by atoms with Crippen molar-refractivity contribution < 1.29 is 36.2 Å². The molecule has 8 nitrogen and oxygen atoms in total. The maximum absolute atomic E-state index is 14.7. The van der Waals surface area contributed by atoms with Crippen LogP contribution in [0.5, 0.6) is 5.75 Å². The second-order valence-electron chi connectivity index (χ2n) is 8.92. The lowest BCUT2D eigenvalue weighted by atomic mass is 9.93. The second kappa shape index (κ2) is 11.9. The Kier molecular flexibility index (Phi) is 8.57. The van der Waals surface area contributed by atoms with E-state index >= 15 is 0 Å². The summed E-state index contributed by atoms with van der Waals surface area (Å²) in [5.74, 6) is -5.24. The average molecular weight is 567 g/mol. The van der Waals surface area contributed by atoms with E-state index in [2.05, 4.69) is 20.2 Å². The van der Waals surface area contributed by atoms with Crippen molar-refractivity contribution in [3.8, 4) is 5.75 Å². The molecule has 40 heavy (non-hydrogen) atoms. The summed E-state index contributed by atoms with van der Waals surface area (Å²) in [6.07, 6.45) is 2.58. The highest BCUT2D eigenvalue weighted by atomic mass is 19.3. The molecule has 212 valence electrons. The first-order valence-corrected chi connectivity index (χ1v) is 12.0. The first kappa shape index (κ1) is 28.8. The fourth-order valence-electron chi connectivity index (χ4n) is 3.74. The Morgan fingerprint density at radius 1 is 0.950 bits per heavy atom. The van der Waals surface area contributed by atoms with Crippen LogP contribution in [-0.2, 0) is 25.1 Å². The van der Waals surface area contributed by atoms with Crippen molar-refractivity contribution in [2.75, 3.05) is 6.61 Å². The van der Waals surface area contributed by atoms with Crippen molar-refractivity contribution in [1.29, 1.82) is 0 Å². The van der Waals surface area contributed by atoms with Gasteiger partial charge >= 0.3 is 12.3 Å². The normalized spacial score (nSPS) is 13.7. The molecule has 0 aliphatic carbocycles. The molecule has 2 aromatic carbocycles. The smallest absolute Gasteiger partial charge is 0.340 e. The number of benzene rings is 2. The van der Waals surface area contributed by atoms with E-state index in [9.17, 15) is 31.4 Å². The first-order valence-electron chi connectivity index (χ1n) is 12.0. The van der Waals surface area contributed by atoms with Gasteiger partial charge in [-0.3, -0.25) is 0 Å². The molecule has 1 atom stereocenters. The van der Waals surface area contributed by atoms with Crippen LogP contribution < -0.4 is 4.74 Å². The molecule has 0 unspecified atom stereocenters. The van der Waals surface area contributed by atoms with Crippen LogP contribution >= 0.6 is 0 Å². The molecule has 0 aliphatic heterocycles. The molecule has 0 spiro atoms. The Bertz CT molecular complexity index is 1460. The van der Waals surface area contributed by atoms with Gasteiger partial charge in [0.05, 0.1) is 13.1 Å². The minimum Gasteiger partial charge on any atom is -0.487 e. The van der Waals surface area contributed by atoms with E-state index in [0.717, 1.165) is 12.1 Å². The number of alkyl halides is 4. The predicted octanol–water partition coefficient (Wildman–Crippen LogP) is 4.75. The maximum atomic E-state index is 14.7. The van der Waals surface area contributed by atoms with Gasteiger partial charge in [0.15, 0.2) is 12.4 Å². The number of hydrogen-bond acceptors (Lipinski definition) is 6. The quantitative estimate of drug-likeness (QED) is 0.249. The minimum atomic E-state index is -4.26. The van der Waals surface area contributed by atoms with Gasteiger partial charge in [-0.2, -0.15) is 19.0 Å². The number of aryl methyl sites for hydroxylation is 1. The zero-order valence-corrected chi connectivity index (χ0v) is 21.1. The minimum absolute atomic E-state index is 0.00868. The lowest BCUT2D eigenvalue weighted by Gasteiger charge is -2.28. The van der Waals surface area contributed by atoms with Gasteiger partial charge in [-0.15, -0.1) is 0 Å². The Morgan fingerprint density at radius 3 is 2.25 bits per heavy atom. The van der Waals surface area contributed by atoms with Crippen molar-refractivity contribution in [3.05, 3.63) is 89.5 Å². The van der Waals surface area contributed by atoms with Crippen LogP contribution in [0.3, 0.4) is 0 Å². The lowest BCUT2D eigenvalue weighted by molar-refractivity contribution is -0.148. The maximum Gasteiger partial charge on any atom is 0.340 e. The van der Waals surface area contributed by atoms with Crippen LogP contribution in [0.2, 0.25) is 0 Å². The third-order valence-electron chi connectivity index (χ3n) is 5.79.